The Morgan fingerprint density at radius 3 is 2.56 bits per heavy atom. The molecule has 0 aliphatic heterocycles. The Labute approximate surface area is 169 Å². The minimum Gasteiger partial charge on any atom is -0.451 e. The van der Waals surface area contributed by atoms with Crippen LogP contribution in [0.4, 0.5) is 5.69 Å². The molecule has 0 radical (unpaired) electrons. The van der Waals surface area contributed by atoms with E-state index in [1.807, 2.05) is 26.0 Å². The van der Waals surface area contributed by atoms with E-state index >= 15 is 0 Å². The molecule has 0 unspecified atom stereocenters. The summed E-state index contributed by atoms with van der Waals surface area (Å²) in [5.41, 5.74) is 3.51. The highest BCUT2D eigenvalue weighted by Gasteiger charge is 2.15. The molecule has 0 fully saturated rings. The van der Waals surface area contributed by atoms with E-state index in [1.54, 1.807) is 30.3 Å². The summed E-state index contributed by atoms with van der Waals surface area (Å²) < 4.78 is 6.83. The van der Waals surface area contributed by atoms with Crippen molar-refractivity contribution in [3.8, 4) is 11.3 Å². The molecule has 0 spiro atoms. The quantitative estimate of drug-likeness (QED) is 0.418. The molecule has 0 bridgehead atoms. The predicted octanol–water partition coefficient (Wildman–Crippen LogP) is 6.73. The van der Waals surface area contributed by atoms with Gasteiger partial charge in [-0.25, -0.2) is 0 Å². The summed E-state index contributed by atoms with van der Waals surface area (Å²) >= 11 is 14.5. The lowest BCUT2D eigenvalue weighted by molar-refractivity contribution is 0.0997. The second-order valence-electron chi connectivity index (χ2n) is 5.66. The number of carbonyl (C=O) groups is 1. The number of rotatable bonds is 3. The van der Waals surface area contributed by atoms with Crippen LogP contribution in [-0.2, 0) is 0 Å². The van der Waals surface area contributed by atoms with Gasteiger partial charge in [-0.15, -0.1) is 0 Å². The molecule has 1 aromatic heterocycles. The number of hydrogen-bond donors (Lipinski definition) is 1. The third-order valence-electron chi connectivity index (χ3n) is 3.78. The van der Waals surface area contributed by atoms with Crippen LogP contribution in [0.25, 0.3) is 11.3 Å². The zero-order valence-corrected chi connectivity index (χ0v) is 17.2. The Balaban J connectivity index is 1.86. The average molecular weight is 486 g/mol. The van der Waals surface area contributed by atoms with Crippen molar-refractivity contribution in [1.82, 2.24) is 0 Å². The van der Waals surface area contributed by atoms with Crippen LogP contribution in [0.15, 0.2) is 46.9 Å². The van der Waals surface area contributed by atoms with Crippen molar-refractivity contribution < 1.29 is 9.21 Å². The molecule has 0 saturated heterocycles. The molecule has 1 N–H and O–H groups in total. The molecule has 2 aromatic carbocycles. The lowest BCUT2D eigenvalue weighted by Crippen LogP contribution is -2.12. The van der Waals surface area contributed by atoms with Gasteiger partial charge in [0.05, 0.1) is 5.02 Å². The number of halogens is 3. The highest BCUT2D eigenvalue weighted by Crippen LogP contribution is 2.32. The Morgan fingerprint density at radius 2 is 1.80 bits per heavy atom. The first kappa shape index (κ1) is 18.3. The first-order valence-electron chi connectivity index (χ1n) is 7.48. The van der Waals surface area contributed by atoms with E-state index in [4.69, 9.17) is 27.6 Å². The van der Waals surface area contributed by atoms with E-state index in [0.717, 1.165) is 20.4 Å². The summed E-state index contributed by atoms with van der Waals surface area (Å²) in [7, 11) is 0. The maximum atomic E-state index is 12.5. The van der Waals surface area contributed by atoms with Crippen LogP contribution < -0.4 is 5.32 Å². The van der Waals surface area contributed by atoms with Crippen LogP contribution in [0.5, 0.6) is 0 Å². The Morgan fingerprint density at radius 1 is 1.04 bits per heavy atom. The van der Waals surface area contributed by atoms with Crippen LogP contribution >= 0.6 is 45.8 Å². The van der Waals surface area contributed by atoms with E-state index < -0.39 is 0 Å². The van der Waals surface area contributed by atoms with Gasteiger partial charge in [0.25, 0.3) is 5.91 Å². The van der Waals surface area contributed by atoms with E-state index in [1.165, 1.54) is 0 Å². The normalized spacial score (nSPS) is 10.8. The second kappa shape index (κ2) is 7.40. The molecule has 0 aliphatic carbocycles. The lowest BCUT2D eigenvalue weighted by Gasteiger charge is -2.10. The van der Waals surface area contributed by atoms with Crippen LogP contribution in [0.1, 0.15) is 21.7 Å². The van der Waals surface area contributed by atoms with Crippen molar-refractivity contribution >= 4 is 57.4 Å². The van der Waals surface area contributed by atoms with Crippen LogP contribution in [0.3, 0.4) is 0 Å². The topological polar surface area (TPSA) is 42.2 Å². The highest BCUT2D eigenvalue weighted by molar-refractivity contribution is 14.1. The van der Waals surface area contributed by atoms with E-state index in [2.05, 4.69) is 27.9 Å². The van der Waals surface area contributed by atoms with Gasteiger partial charge in [-0.05, 0) is 90.0 Å². The van der Waals surface area contributed by atoms with E-state index in [9.17, 15) is 4.79 Å². The van der Waals surface area contributed by atoms with Gasteiger partial charge in [0.1, 0.15) is 5.76 Å². The van der Waals surface area contributed by atoms with Crippen molar-refractivity contribution in [2.45, 2.75) is 13.8 Å². The zero-order chi connectivity index (χ0) is 18.1. The first-order chi connectivity index (χ1) is 11.8. The number of nitrogens with one attached hydrogen (secondary N) is 1. The van der Waals surface area contributed by atoms with Gasteiger partial charge in [-0.2, -0.15) is 0 Å². The molecule has 128 valence electrons. The largest absolute Gasteiger partial charge is 0.451 e. The van der Waals surface area contributed by atoms with Crippen LogP contribution in [0, 0.1) is 17.4 Å². The van der Waals surface area contributed by atoms with Crippen LogP contribution in [-0.4, -0.2) is 5.91 Å². The fourth-order valence-electron chi connectivity index (χ4n) is 2.39. The van der Waals surface area contributed by atoms with Crippen molar-refractivity contribution in [3.05, 3.63) is 73.0 Å². The van der Waals surface area contributed by atoms with Gasteiger partial charge < -0.3 is 9.73 Å². The van der Waals surface area contributed by atoms with Crippen LogP contribution in [0.2, 0.25) is 10.0 Å². The molecule has 1 amide bonds. The van der Waals surface area contributed by atoms with Gasteiger partial charge in [-0.1, -0.05) is 23.2 Å². The third-order valence-corrected chi connectivity index (χ3v) is 5.50. The highest BCUT2D eigenvalue weighted by atomic mass is 127. The number of carbonyl (C=O) groups excluding carboxylic acids is 1. The average Bonchev–Trinajstić information content (AvgIpc) is 3.04. The summed E-state index contributed by atoms with van der Waals surface area (Å²) in [4.78, 5) is 12.5. The number of anilines is 1. The molecule has 3 rings (SSSR count). The summed E-state index contributed by atoms with van der Waals surface area (Å²) in [6.45, 7) is 3.96. The molecule has 0 saturated carbocycles. The molecule has 6 heteroatoms. The second-order valence-corrected chi connectivity index (χ2v) is 7.66. The van der Waals surface area contributed by atoms with Gasteiger partial charge >= 0.3 is 0 Å². The number of aryl methyl sites for hydroxylation is 2. The summed E-state index contributed by atoms with van der Waals surface area (Å²) in [6, 6.07) is 12.4. The van der Waals surface area contributed by atoms with Crippen molar-refractivity contribution in [1.29, 1.82) is 0 Å². The number of furan rings is 1. The minimum atomic E-state index is -0.312. The van der Waals surface area contributed by atoms with Crippen molar-refractivity contribution in [3.63, 3.8) is 0 Å². The monoisotopic (exact) mass is 485 g/mol. The number of amides is 1. The lowest BCUT2D eigenvalue weighted by atomic mass is 10.1. The maximum absolute atomic E-state index is 12.5. The van der Waals surface area contributed by atoms with Gasteiger partial charge in [0.2, 0.25) is 0 Å². The summed E-state index contributed by atoms with van der Waals surface area (Å²) in [6.07, 6.45) is 0. The molecular formula is C19H14Cl2INO2. The van der Waals surface area contributed by atoms with Gasteiger partial charge in [-0.3, -0.25) is 4.79 Å². The Kier molecular flexibility index (Phi) is 5.41. The molecule has 3 aromatic rings. The third kappa shape index (κ3) is 4.02. The predicted molar refractivity (Wildman–Crippen MR) is 111 cm³/mol. The SMILES string of the molecule is Cc1cc(NC(=O)c2ccc(-c3cc(Cl)ccc3Cl)o2)c(C)cc1I. The van der Waals surface area contributed by atoms with E-state index in [0.29, 0.717) is 21.4 Å². The minimum absolute atomic E-state index is 0.210. The fraction of sp³-hybridized carbons (Fsp3) is 0.105. The van der Waals surface area contributed by atoms with Gasteiger partial charge in [0, 0.05) is 19.8 Å². The van der Waals surface area contributed by atoms with Crippen molar-refractivity contribution in [2.24, 2.45) is 0 Å². The molecule has 3 nitrogen and oxygen atoms in total. The molecule has 25 heavy (non-hydrogen) atoms. The summed E-state index contributed by atoms with van der Waals surface area (Å²) in [5.74, 6) is 0.392. The van der Waals surface area contributed by atoms with Gasteiger partial charge in [0.15, 0.2) is 5.76 Å². The Hall–Kier alpha value is -1.50. The smallest absolute Gasteiger partial charge is 0.291 e. The fourth-order valence-corrected chi connectivity index (χ4v) is 3.40. The number of benzene rings is 2. The maximum Gasteiger partial charge on any atom is 0.291 e. The Bertz CT molecular complexity index is 966. The standard InChI is InChI=1S/C19H14Cl2INO2/c1-10-8-16(11(2)7-15(10)22)23-19(24)18-6-5-17(25-18)13-9-12(20)3-4-14(13)21/h3-9H,1-2H3,(H,23,24). The first-order valence-corrected chi connectivity index (χ1v) is 9.32. The molecular weight excluding hydrogens is 472 g/mol. The summed E-state index contributed by atoms with van der Waals surface area (Å²) in [5, 5.41) is 3.95. The van der Waals surface area contributed by atoms with Crippen molar-refractivity contribution in [2.75, 3.05) is 5.32 Å². The molecule has 1 heterocycles. The zero-order valence-electron chi connectivity index (χ0n) is 13.5. The van der Waals surface area contributed by atoms with E-state index in [-0.39, 0.29) is 11.7 Å². The molecule has 0 aliphatic rings. The number of hydrogen-bond acceptors (Lipinski definition) is 2. The molecule has 0 atom stereocenters.